The van der Waals surface area contributed by atoms with E-state index in [1.165, 1.54) is 18.7 Å². The van der Waals surface area contributed by atoms with E-state index in [2.05, 4.69) is 16.1 Å². The van der Waals surface area contributed by atoms with E-state index < -0.39 is 0 Å². The Morgan fingerprint density at radius 1 is 1.27 bits per heavy atom. The third-order valence-corrected chi connectivity index (χ3v) is 6.99. The highest BCUT2D eigenvalue weighted by Crippen LogP contribution is 2.45. The second-order valence-electron chi connectivity index (χ2n) is 7.67. The van der Waals surface area contributed by atoms with Gasteiger partial charge in [0.15, 0.2) is 0 Å². The van der Waals surface area contributed by atoms with Gasteiger partial charge in [-0.15, -0.1) is 0 Å². The monoisotopic (exact) mass is 377 g/mol. The Morgan fingerprint density at radius 2 is 1.96 bits per heavy atom. The van der Waals surface area contributed by atoms with E-state index in [4.69, 9.17) is 0 Å². The average molecular weight is 378 g/mol. The molecule has 2 saturated heterocycles. The summed E-state index contributed by atoms with van der Waals surface area (Å²) < 4.78 is 0. The van der Waals surface area contributed by atoms with Crippen molar-refractivity contribution in [2.75, 3.05) is 51.3 Å². The summed E-state index contributed by atoms with van der Waals surface area (Å²) in [5.74, 6) is 1.48. The normalized spacial score (nSPS) is 23.3. The molecule has 1 N–H and O–H groups in total. The van der Waals surface area contributed by atoms with E-state index >= 15 is 0 Å². The predicted molar refractivity (Wildman–Crippen MR) is 106 cm³/mol. The van der Waals surface area contributed by atoms with Crippen LogP contribution in [0.5, 0.6) is 0 Å². The molecule has 0 unspecified atom stereocenters. The van der Waals surface area contributed by atoms with Gasteiger partial charge in [-0.1, -0.05) is 0 Å². The van der Waals surface area contributed by atoms with Gasteiger partial charge < -0.3 is 14.9 Å². The second kappa shape index (κ2) is 9.20. The molecule has 0 saturated carbocycles. The first-order chi connectivity index (χ1) is 12.7. The number of hydrogen-bond acceptors (Lipinski definition) is 5. The van der Waals surface area contributed by atoms with Gasteiger partial charge in [-0.2, -0.15) is 11.8 Å². The van der Waals surface area contributed by atoms with Crippen molar-refractivity contribution in [3.05, 3.63) is 30.1 Å². The zero-order valence-electron chi connectivity index (χ0n) is 15.8. The minimum atomic E-state index is 0.0650. The molecule has 1 spiro atoms. The molecule has 5 nitrogen and oxygen atoms in total. The molecular formula is C20H31N3O2S. The summed E-state index contributed by atoms with van der Waals surface area (Å²) in [6.45, 7) is 5.08. The standard InChI is InChI=1S/C20H31N3O2S/c1-26-14-2-10-22-11-5-20(6-12-22)7-13-23(15-18(20)16-24)19(25)17-3-8-21-9-4-17/h3-4,8-9,18,24H,2,5-7,10-16H2,1H3/t18-/m0/s1. The Hall–Kier alpha value is -1.11. The largest absolute Gasteiger partial charge is 0.396 e. The number of carbonyl (C=O) groups is 1. The number of piperidine rings is 2. The van der Waals surface area contributed by atoms with E-state index in [0.29, 0.717) is 12.1 Å². The highest BCUT2D eigenvalue weighted by atomic mass is 32.2. The van der Waals surface area contributed by atoms with Crippen molar-refractivity contribution in [2.24, 2.45) is 11.3 Å². The molecule has 1 aromatic rings. The number of aliphatic hydroxyl groups is 1. The van der Waals surface area contributed by atoms with E-state index in [1.807, 2.05) is 16.7 Å². The lowest BCUT2D eigenvalue weighted by Gasteiger charge is -2.51. The predicted octanol–water partition coefficient (Wildman–Crippen LogP) is 2.37. The lowest BCUT2D eigenvalue weighted by molar-refractivity contribution is -0.0350. The van der Waals surface area contributed by atoms with Crippen LogP contribution in [0.1, 0.15) is 36.0 Å². The van der Waals surface area contributed by atoms with E-state index in [0.717, 1.165) is 38.9 Å². The molecule has 2 fully saturated rings. The van der Waals surface area contributed by atoms with Gasteiger partial charge in [-0.25, -0.2) is 0 Å². The zero-order chi connectivity index (χ0) is 18.4. The van der Waals surface area contributed by atoms with Crippen molar-refractivity contribution in [1.82, 2.24) is 14.8 Å². The van der Waals surface area contributed by atoms with Gasteiger partial charge in [0, 0.05) is 43.6 Å². The Kier molecular flexibility index (Phi) is 6.95. The lowest BCUT2D eigenvalue weighted by atomic mass is 9.64. The fourth-order valence-electron chi connectivity index (χ4n) is 4.54. The molecule has 1 atom stereocenters. The van der Waals surface area contributed by atoms with Crippen molar-refractivity contribution in [3.8, 4) is 0 Å². The van der Waals surface area contributed by atoms with E-state index in [9.17, 15) is 9.90 Å². The molecule has 6 heteroatoms. The topological polar surface area (TPSA) is 56.7 Å². The smallest absolute Gasteiger partial charge is 0.253 e. The van der Waals surface area contributed by atoms with Crippen LogP contribution in [0.4, 0.5) is 0 Å². The number of thioether (sulfide) groups is 1. The van der Waals surface area contributed by atoms with Crippen molar-refractivity contribution in [2.45, 2.75) is 25.7 Å². The van der Waals surface area contributed by atoms with Crippen molar-refractivity contribution < 1.29 is 9.90 Å². The molecule has 3 heterocycles. The van der Waals surface area contributed by atoms with Gasteiger partial charge in [0.25, 0.3) is 5.91 Å². The summed E-state index contributed by atoms with van der Waals surface area (Å²) in [6, 6.07) is 3.54. The summed E-state index contributed by atoms with van der Waals surface area (Å²) in [5, 5.41) is 10.1. The second-order valence-corrected chi connectivity index (χ2v) is 8.65. The van der Waals surface area contributed by atoms with Crippen molar-refractivity contribution in [3.63, 3.8) is 0 Å². The maximum Gasteiger partial charge on any atom is 0.253 e. The third-order valence-electron chi connectivity index (χ3n) is 6.30. The highest BCUT2D eigenvalue weighted by Gasteiger charge is 2.45. The summed E-state index contributed by atoms with van der Waals surface area (Å²) in [5.41, 5.74) is 0.899. The highest BCUT2D eigenvalue weighted by molar-refractivity contribution is 7.98. The maximum atomic E-state index is 12.7. The number of aliphatic hydroxyl groups excluding tert-OH is 1. The minimum absolute atomic E-state index is 0.0650. The van der Waals surface area contributed by atoms with Crippen LogP contribution >= 0.6 is 11.8 Å². The molecule has 1 amide bonds. The van der Waals surface area contributed by atoms with Crippen LogP contribution in [0, 0.1) is 11.3 Å². The maximum absolute atomic E-state index is 12.7. The van der Waals surface area contributed by atoms with Gasteiger partial charge in [0.1, 0.15) is 0 Å². The van der Waals surface area contributed by atoms with Crippen LogP contribution in [0.3, 0.4) is 0 Å². The van der Waals surface area contributed by atoms with Crippen molar-refractivity contribution in [1.29, 1.82) is 0 Å². The molecule has 26 heavy (non-hydrogen) atoms. The molecule has 0 bridgehead atoms. The number of likely N-dealkylation sites (tertiary alicyclic amines) is 2. The van der Waals surface area contributed by atoms with E-state index in [-0.39, 0.29) is 23.8 Å². The van der Waals surface area contributed by atoms with Crippen LogP contribution in [-0.4, -0.2) is 77.1 Å². The zero-order valence-corrected chi connectivity index (χ0v) is 16.6. The molecular weight excluding hydrogens is 346 g/mol. The quantitative estimate of drug-likeness (QED) is 0.772. The summed E-state index contributed by atoms with van der Waals surface area (Å²) in [4.78, 5) is 21.2. The number of amides is 1. The number of carbonyl (C=O) groups excluding carboxylic acids is 1. The van der Waals surface area contributed by atoms with Gasteiger partial charge in [-0.05, 0) is 74.9 Å². The van der Waals surface area contributed by atoms with Crippen LogP contribution in [0.15, 0.2) is 24.5 Å². The van der Waals surface area contributed by atoms with Crippen LogP contribution in [-0.2, 0) is 0 Å². The Morgan fingerprint density at radius 3 is 2.62 bits per heavy atom. The number of rotatable bonds is 6. The fraction of sp³-hybridized carbons (Fsp3) is 0.700. The Labute approximate surface area is 161 Å². The molecule has 144 valence electrons. The van der Waals surface area contributed by atoms with Gasteiger partial charge in [-0.3, -0.25) is 9.78 Å². The Bertz CT molecular complexity index is 576. The first-order valence-electron chi connectivity index (χ1n) is 9.70. The summed E-state index contributed by atoms with van der Waals surface area (Å²) in [7, 11) is 0. The molecule has 0 aliphatic carbocycles. The molecule has 0 aromatic carbocycles. The Balaban J connectivity index is 1.58. The van der Waals surface area contributed by atoms with Gasteiger partial charge in [0.2, 0.25) is 0 Å². The number of pyridine rings is 1. The van der Waals surface area contributed by atoms with Crippen molar-refractivity contribution >= 4 is 17.7 Å². The average Bonchev–Trinajstić information content (AvgIpc) is 2.70. The molecule has 2 aliphatic heterocycles. The number of nitrogens with zero attached hydrogens (tertiary/aromatic N) is 3. The number of hydrogen-bond donors (Lipinski definition) is 1. The molecule has 1 aromatic heterocycles. The molecule has 0 radical (unpaired) electrons. The third kappa shape index (κ3) is 4.41. The van der Waals surface area contributed by atoms with E-state index in [1.54, 1.807) is 24.5 Å². The lowest BCUT2D eigenvalue weighted by Crippen LogP contribution is -2.54. The van der Waals surface area contributed by atoms with Gasteiger partial charge >= 0.3 is 0 Å². The van der Waals surface area contributed by atoms with Gasteiger partial charge in [0.05, 0.1) is 0 Å². The minimum Gasteiger partial charge on any atom is -0.396 e. The van der Waals surface area contributed by atoms with Crippen LogP contribution in [0.25, 0.3) is 0 Å². The summed E-state index contributed by atoms with van der Waals surface area (Å²) >= 11 is 1.92. The fourth-order valence-corrected chi connectivity index (χ4v) is 4.96. The number of aromatic nitrogens is 1. The van der Waals surface area contributed by atoms with Crippen LogP contribution in [0.2, 0.25) is 0 Å². The van der Waals surface area contributed by atoms with Crippen LogP contribution < -0.4 is 0 Å². The summed E-state index contributed by atoms with van der Waals surface area (Å²) in [6.07, 6.45) is 10.0. The first-order valence-corrected chi connectivity index (χ1v) is 11.1. The SMILES string of the molecule is CSCCCN1CCC2(CC1)CCN(C(=O)c1ccncc1)C[C@H]2CO. The molecule has 3 rings (SSSR count). The first kappa shape index (κ1) is 19.6. The molecule has 2 aliphatic rings.